The first kappa shape index (κ1) is 14.7. The van der Waals surface area contributed by atoms with Crippen LogP contribution >= 0.6 is 11.3 Å². The van der Waals surface area contributed by atoms with Gasteiger partial charge in [0.25, 0.3) is 0 Å². The van der Waals surface area contributed by atoms with Crippen molar-refractivity contribution in [2.45, 2.75) is 30.4 Å². The van der Waals surface area contributed by atoms with Gasteiger partial charge in [0.05, 0.1) is 10.6 Å². The maximum absolute atomic E-state index is 12.3. The zero-order chi connectivity index (χ0) is 14.8. The maximum Gasteiger partial charge on any atom is 0.184 e. The van der Waals surface area contributed by atoms with Gasteiger partial charge in [-0.2, -0.15) is 5.26 Å². The number of hydrogen-bond acceptors (Lipinski definition) is 5. The van der Waals surface area contributed by atoms with Crippen LogP contribution in [-0.2, 0) is 15.6 Å². The first-order valence-corrected chi connectivity index (χ1v) is 8.58. The Hall–Kier alpha value is -1.71. The van der Waals surface area contributed by atoms with E-state index >= 15 is 0 Å². The van der Waals surface area contributed by atoms with E-state index in [9.17, 15) is 8.42 Å². The van der Waals surface area contributed by atoms with Gasteiger partial charge in [-0.15, -0.1) is 11.3 Å². The lowest BCUT2D eigenvalue weighted by molar-refractivity contribution is 0.595. The summed E-state index contributed by atoms with van der Waals surface area (Å²) in [4.78, 5) is 5.08. The molecular formula is C14H14N2O2S2. The number of benzene rings is 1. The highest BCUT2D eigenvalue weighted by molar-refractivity contribution is 7.90. The van der Waals surface area contributed by atoms with E-state index in [4.69, 9.17) is 5.26 Å². The summed E-state index contributed by atoms with van der Waals surface area (Å²) in [6, 6.07) is 10.4. The van der Waals surface area contributed by atoms with Crippen molar-refractivity contribution in [3.05, 3.63) is 45.9 Å². The third-order valence-corrected chi connectivity index (χ3v) is 5.56. The molecule has 0 radical (unpaired) electrons. The maximum atomic E-state index is 12.3. The predicted octanol–water partition coefficient (Wildman–Crippen LogP) is 3.11. The fourth-order valence-electron chi connectivity index (χ4n) is 1.78. The molecule has 20 heavy (non-hydrogen) atoms. The number of aromatic nitrogens is 1. The van der Waals surface area contributed by atoms with Crippen LogP contribution in [0.3, 0.4) is 0 Å². The highest BCUT2D eigenvalue weighted by Gasteiger charge is 2.20. The molecule has 1 aromatic heterocycles. The Morgan fingerprint density at radius 2 is 1.95 bits per heavy atom. The number of nitriles is 1. The molecule has 4 nitrogen and oxygen atoms in total. The third-order valence-electron chi connectivity index (χ3n) is 2.76. The van der Waals surface area contributed by atoms with Crippen LogP contribution in [0.5, 0.6) is 0 Å². The second-order valence-electron chi connectivity index (χ2n) is 4.66. The van der Waals surface area contributed by atoms with Gasteiger partial charge in [-0.05, 0) is 18.1 Å². The third kappa shape index (κ3) is 3.06. The molecule has 6 heteroatoms. The quantitative estimate of drug-likeness (QED) is 0.870. The van der Waals surface area contributed by atoms with E-state index in [1.807, 2.05) is 13.8 Å². The zero-order valence-corrected chi connectivity index (χ0v) is 12.8. The number of sulfone groups is 1. The molecule has 2 rings (SSSR count). The standard InChI is InChI=1S/C14H14N2O2S2/c1-10(2)14-12(8-15)19-13(16-14)9-20(17,18)11-6-4-3-5-7-11/h3-7,10H,9H2,1-2H3. The van der Waals surface area contributed by atoms with Crippen LogP contribution in [-0.4, -0.2) is 13.4 Å². The number of thiazole rings is 1. The largest absolute Gasteiger partial charge is 0.243 e. The normalized spacial score (nSPS) is 11.5. The summed E-state index contributed by atoms with van der Waals surface area (Å²) in [6.45, 7) is 3.87. The van der Waals surface area contributed by atoms with Gasteiger partial charge in [-0.1, -0.05) is 32.0 Å². The predicted molar refractivity (Wildman–Crippen MR) is 78.2 cm³/mol. The zero-order valence-electron chi connectivity index (χ0n) is 11.2. The minimum atomic E-state index is -3.41. The van der Waals surface area contributed by atoms with Crippen molar-refractivity contribution in [2.75, 3.05) is 0 Å². The van der Waals surface area contributed by atoms with E-state index < -0.39 is 9.84 Å². The van der Waals surface area contributed by atoms with E-state index in [0.29, 0.717) is 15.6 Å². The van der Waals surface area contributed by atoms with Crippen LogP contribution in [0.2, 0.25) is 0 Å². The minimum absolute atomic E-state index is 0.106. The number of nitrogens with zero attached hydrogens (tertiary/aromatic N) is 2. The van der Waals surface area contributed by atoms with Crippen LogP contribution in [0, 0.1) is 11.3 Å². The summed E-state index contributed by atoms with van der Waals surface area (Å²) in [5.74, 6) is -0.0580. The SMILES string of the molecule is CC(C)c1nc(CS(=O)(=O)c2ccccc2)sc1C#N. The molecule has 1 aromatic carbocycles. The van der Waals surface area contributed by atoms with Crippen molar-refractivity contribution in [3.63, 3.8) is 0 Å². The summed E-state index contributed by atoms with van der Waals surface area (Å²) in [7, 11) is -3.41. The van der Waals surface area contributed by atoms with Crippen LogP contribution < -0.4 is 0 Å². The monoisotopic (exact) mass is 306 g/mol. The van der Waals surface area contributed by atoms with Gasteiger partial charge in [0, 0.05) is 0 Å². The summed E-state index contributed by atoms with van der Waals surface area (Å²) in [6.07, 6.45) is 0. The van der Waals surface area contributed by atoms with E-state index in [1.54, 1.807) is 30.3 Å². The average molecular weight is 306 g/mol. The fourth-order valence-corrected chi connectivity index (χ4v) is 4.43. The topological polar surface area (TPSA) is 70.8 Å². The molecule has 0 saturated carbocycles. The summed E-state index contributed by atoms with van der Waals surface area (Å²) < 4.78 is 24.5. The molecule has 2 aromatic rings. The van der Waals surface area contributed by atoms with Gasteiger partial charge in [0.15, 0.2) is 9.84 Å². The second-order valence-corrected chi connectivity index (χ2v) is 7.73. The summed E-state index contributed by atoms with van der Waals surface area (Å²) in [5, 5.41) is 9.53. The first-order chi connectivity index (χ1) is 9.44. The molecule has 0 aliphatic rings. The molecule has 0 atom stereocenters. The van der Waals surface area contributed by atoms with Crippen LogP contribution in [0.4, 0.5) is 0 Å². The average Bonchev–Trinajstić information content (AvgIpc) is 2.82. The highest BCUT2D eigenvalue weighted by Crippen LogP contribution is 2.27. The summed E-state index contributed by atoms with van der Waals surface area (Å²) in [5.41, 5.74) is 0.677. The van der Waals surface area contributed by atoms with Gasteiger partial charge >= 0.3 is 0 Å². The molecule has 0 unspecified atom stereocenters. The molecule has 0 spiro atoms. The second kappa shape index (κ2) is 5.73. The fraction of sp³-hybridized carbons (Fsp3) is 0.286. The molecule has 0 fully saturated rings. The smallest absolute Gasteiger partial charge is 0.184 e. The van der Waals surface area contributed by atoms with Crippen molar-refractivity contribution >= 4 is 21.2 Å². The van der Waals surface area contributed by atoms with E-state index in [-0.39, 0.29) is 16.6 Å². The highest BCUT2D eigenvalue weighted by atomic mass is 32.2. The number of hydrogen-bond donors (Lipinski definition) is 0. The first-order valence-electron chi connectivity index (χ1n) is 6.11. The lowest BCUT2D eigenvalue weighted by Gasteiger charge is -2.02. The van der Waals surface area contributed by atoms with Crippen molar-refractivity contribution in [1.29, 1.82) is 5.26 Å². The molecule has 0 N–H and O–H groups in total. The Morgan fingerprint density at radius 1 is 1.30 bits per heavy atom. The lowest BCUT2D eigenvalue weighted by Crippen LogP contribution is -2.04. The molecule has 0 amide bonds. The number of rotatable bonds is 4. The van der Waals surface area contributed by atoms with E-state index in [2.05, 4.69) is 11.1 Å². The lowest BCUT2D eigenvalue weighted by atomic mass is 10.1. The van der Waals surface area contributed by atoms with E-state index in [1.165, 1.54) is 0 Å². The molecule has 1 heterocycles. The molecule has 0 saturated heterocycles. The summed E-state index contributed by atoms with van der Waals surface area (Å²) >= 11 is 1.16. The van der Waals surface area contributed by atoms with Gasteiger partial charge in [0.2, 0.25) is 0 Å². The molecule has 0 aliphatic heterocycles. The van der Waals surface area contributed by atoms with Crippen molar-refractivity contribution in [2.24, 2.45) is 0 Å². The Labute approximate surface area is 122 Å². The molecule has 0 bridgehead atoms. The van der Waals surface area contributed by atoms with Gasteiger partial charge in [-0.3, -0.25) is 0 Å². The Morgan fingerprint density at radius 3 is 2.45 bits per heavy atom. The van der Waals surface area contributed by atoms with Gasteiger partial charge in [0.1, 0.15) is 21.7 Å². The van der Waals surface area contributed by atoms with E-state index in [0.717, 1.165) is 11.3 Å². The Kier molecular flexibility index (Phi) is 4.21. The van der Waals surface area contributed by atoms with Crippen molar-refractivity contribution < 1.29 is 8.42 Å². The van der Waals surface area contributed by atoms with Gasteiger partial charge < -0.3 is 0 Å². The van der Waals surface area contributed by atoms with Crippen LogP contribution in [0.15, 0.2) is 35.2 Å². The van der Waals surface area contributed by atoms with Crippen molar-refractivity contribution in [3.8, 4) is 6.07 Å². The van der Waals surface area contributed by atoms with Crippen molar-refractivity contribution in [1.82, 2.24) is 4.98 Å². The van der Waals surface area contributed by atoms with Crippen LogP contribution in [0.25, 0.3) is 0 Å². The molecule has 104 valence electrons. The van der Waals surface area contributed by atoms with Crippen LogP contribution in [0.1, 0.15) is 35.3 Å². The van der Waals surface area contributed by atoms with Gasteiger partial charge in [-0.25, -0.2) is 13.4 Å². The Balaban J connectivity index is 2.34. The Bertz CT molecular complexity index is 741. The molecule has 0 aliphatic carbocycles. The molecular weight excluding hydrogens is 292 g/mol. The minimum Gasteiger partial charge on any atom is -0.243 e.